The van der Waals surface area contributed by atoms with Gasteiger partial charge in [-0.3, -0.25) is 0 Å². The van der Waals surface area contributed by atoms with Gasteiger partial charge >= 0.3 is 18.0 Å². The van der Waals surface area contributed by atoms with Gasteiger partial charge in [-0.2, -0.15) is 5.48 Å². The third-order valence-electron chi connectivity index (χ3n) is 4.93. The topological polar surface area (TPSA) is 116 Å². The number of hydrogen-bond donors (Lipinski definition) is 3. The van der Waals surface area contributed by atoms with Crippen molar-refractivity contribution in [2.75, 3.05) is 13.1 Å². The third kappa shape index (κ3) is 15.4. The number of carbonyl (C=O) groups excluding carboxylic acids is 2. The Kier molecular flexibility index (Phi) is 14.4. The number of hydroxylamine groups is 1. The minimum absolute atomic E-state index is 0.222. The van der Waals surface area contributed by atoms with Gasteiger partial charge in [0.05, 0.1) is 6.10 Å². The van der Waals surface area contributed by atoms with Gasteiger partial charge in [0.1, 0.15) is 0 Å². The zero-order valence-electron chi connectivity index (χ0n) is 21.8. The van der Waals surface area contributed by atoms with Crippen LogP contribution in [0.1, 0.15) is 34.1 Å². The number of likely N-dealkylation sites (tertiary alicyclic amines) is 1. The zero-order chi connectivity index (χ0) is 27.6. The van der Waals surface area contributed by atoms with Crippen LogP contribution in [0.2, 0.25) is 0 Å². The first-order valence-corrected chi connectivity index (χ1v) is 11.8. The average molecular weight is 509 g/mol. The van der Waals surface area contributed by atoms with Crippen molar-refractivity contribution in [2.45, 2.75) is 40.2 Å². The summed E-state index contributed by atoms with van der Waals surface area (Å²) >= 11 is 0. The molecule has 0 aromatic carbocycles. The van der Waals surface area contributed by atoms with Crippen molar-refractivity contribution in [1.29, 1.82) is 0 Å². The molecule has 1 fully saturated rings. The predicted molar refractivity (Wildman–Crippen MR) is 145 cm³/mol. The van der Waals surface area contributed by atoms with E-state index >= 15 is 0 Å². The standard InChI is InChI=1S/C29H36N2O6/c1-22(11-7-13-24(3)15-17-27(33)34)9-5-6-10-23(2)12-8-14-25(4)16-18-28(35)37-30-29(36)31-20-19-26(32)21-31/h5-18,26,32H,19-21H2,1-4H3,(H,30,36)(H,33,34)/b6-5+,11-7+,12-8+,17-15+,18-16+,22-9+,23-10+,24-13-,25-14+/t26-/m1/s1. The zero-order valence-corrected chi connectivity index (χ0v) is 21.8. The molecule has 8 heteroatoms. The molecule has 37 heavy (non-hydrogen) atoms. The molecular formula is C29H36N2O6. The van der Waals surface area contributed by atoms with Crippen molar-refractivity contribution in [3.63, 3.8) is 0 Å². The van der Waals surface area contributed by atoms with E-state index in [1.165, 1.54) is 11.0 Å². The van der Waals surface area contributed by atoms with Gasteiger partial charge in [0.2, 0.25) is 0 Å². The third-order valence-corrected chi connectivity index (χ3v) is 4.93. The van der Waals surface area contributed by atoms with Crippen LogP contribution >= 0.6 is 0 Å². The maximum absolute atomic E-state index is 11.8. The van der Waals surface area contributed by atoms with Gasteiger partial charge in [-0.05, 0) is 34.1 Å². The maximum Gasteiger partial charge on any atom is 0.355 e. The number of carboxylic acid groups (broad SMARTS) is 1. The molecule has 198 valence electrons. The quantitative estimate of drug-likeness (QED) is 0.220. The normalized spacial score (nSPS) is 18.3. The van der Waals surface area contributed by atoms with Crippen molar-refractivity contribution in [1.82, 2.24) is 10.4 Å². The van der Waals surface area contributed by atoms with E-state index < -0.39 is 24.1 Å². The Morgan fingerprint density at radius 3 is 1.73 bits per heavy atom. The lowest BCUT2D eigenvalue weighted by Gasteiger charge is -2.15. The summed E-state index contributed by atoms with van der Waals surface area (Å²) in [7, 11) is 0. The highest BCUT2D eigenvalue weighted by Gasteiger charge is 2.24. The van der Waals surface area contributed by atoms with Gasteiger partial charge in [0.25, 0.3) is 0 Å². The molecule has 0 radical (unpaired) electrons. The van der Waals surface area contributed by atoms with Crippen LogP contribution in [0.15, 0.2) is 107 Å². The van der Waals surface area contributed by atoms with Crippen LogP contribution in [0.4, 0.5) is 4.79 Å². The number of aliphatic hydroxyl groups excluding tert-OH is 1. The number of nitrogens with zero attached hydrogens (tertiary/aromatic N) is 1. The maximum atomic E-state index is 11.8. The van der Waals surface area contributed by atoms with Gasteiger partial charge in [0.15, 0.2) is 0 Å². The lowest BCUT2D eigenvalue weighted by Crippen LogP contribution is -2.39. The van der Waals surface area contributed by atoms with E-state index in [0.29, 0.717) is 13.0 Å². The number of allylic oxidation sites excluding steroid dienone is 16. The lowest BCUT2D eigenvalue weighted by molar-refractivity contribution is -0.143. The fraction of sp³-hybridized carbons (Fsp3) is 0.276. The van der Waals surface area contributed by atoms with E-state index in [2.05, 4.69) is 5.48 Å². The minimum Gasteiger partial charge on any atom is -0.478 e. The van der Waals surface area contributed by atoms with Gasteiger partial charge < -0.3 is 20.0 Å². The average Bonchev–Trinajstić information content (AvgIpc) is 3.29. The van der Waals surface area contributed by atoms with Crippen molar-refractivity contribution < 1.29 is 29.4 Å². The highest BCUT2D eigenvalue weighted by atomic mass is 16.7. The van der Waals surface area contributed by atoms with Crippen LogP contribution in [0.25, 0.3) is 0 Å². The second-order valence-electron chi connectivity index (χ2n) is 8.47. The van der Waals surface area contributed by atoms with Crippen LogP contribution < -0.4 is 5.48 Å². The van der Waals surface area contributed by atoms with Crippen LogP contribution in [-0.4, -0.2) is 52.3 Å². The number of aliphatic carboxylic acids is 1. The molecule has 1 aliphatic rings. The van der Waals surface area contributed by atoms with E-state index in [4.69, 9.17) is 9.94 Å². The summed E-state index contributed by atoms with van der Waals surface area (Å²) < 4.78 is 0. The Bertz CT molecular complexity index is 1080. The Morgan fingerprint density at radius 1 is 0.757 bits per heavy atom. The first-order chi connectivity index (χ1) is 17.6. The molecule has 0 bridgehead atoms. The Morgan fingerprint density at radius 2 is 1.24 bits per heavy atom. The first-order valence-electron chi connectivity index (χ1n) is 11.8. The number of carbonyl (C=O) groups is 3. The molecule has 1 atom stereocenters. The minimum atomic E-state index is -0.971. The van der Waals surface area contributed by atoms with Crippen molar-refractivity contribution in [3.05, 3.63) is 107 Å². The van der Waals surface area contributed by atoms with Gasteiger partial charge in [-0.1, -0.05) is 95.2 Å². The summed E-state index contributed by atoms with van der Waals surface area (Å²) in [6, 6.07) is -0.554. The molecule has 0 spiro atoms. The summed E-state index contributed by atoms with van der Waals surface area (Å²) in [5.41, 5.74) is 5.81. The second-order valence-corrected chi connectivity index (χ2v) is 8.47. The van der Waals surface area contributed by atoms with E-state index in [-0.39, 0.29) is 6.54 Å². The van der Waals surface area contributed by atoms with Crippen molar-refractivity contribution in [3.8, 4) is 0 Å². The molecule has 0 aliphatic carbocycles. The fourth-order valence-corrected chi connectivity index (χ4v) is 2.86. The van der Waals surface area contributed by atoms with E-state index in [1.807, 2.05) is 88.5 Å². The van der Waals surface area contributed by atoms with Gasteiger partial charge in [-0.15, -0.1) is 0 Å². The Hall–Kier alpha value is -4.17. The van der Waals surface area contributed by atoms with Crippen LogP contribution in [0.5, 0.6) is 0 Å². The molecule has 0 unspecified atom stereocenters. The Balaban J connectivity index is 2.45. The van der Waals surface area contributed by atoms with Gasteiger partial charge in [0, 0.05) is 25.2 Å². The van der Waals surface area contributed by atoms with E-state index in [9.17, 15) is 19.5 Å². The molecule has 0 aromatic rings. The first kappa shape index (κ1) is 30.9. The highest BCUT2D eigenvalue weighted by Crippen LogP contribution is 2.08. The van der Waals surface area contributed by atoms with E-state index in [0.717, 1.165) is 28.4 Å². The number of amides is 2. The number of rotatable bonds is 10. The van der Waals surface area contributed by atoms with Crippen LogP contribution in [0, 0.1) is 0 Å². The monoisotopic (exact) mass is 508 g/mol. The molecular weight excluding hydrogens is 472 g/mol. The van der Waals surface area contributed by atoms with Gasteiger partial charge in [-0.25, -0.2) is 14.4 Å². The number of carboxylic acids is 1. The van der Waals surface area contributed by atoms with Crippen molar-refractivity contribution in [2.24, 2.45) is 0 Å². The number of aliphatic hydroxyl groups is 1. The number of nitrogens with one attached hydrogen (secondary N) is 1. The number of β-amino-alcohol motifs (C(OH)–C–C–N with tert-alkyl or cyclic N) is 1. The van der Waals surface area contributed by atoms with E-state index in [1.54, 1.807) is 12.2 Å². The summed E-state index contributed by atoms with van der Waals surface area (Å²) in [6.07, 6.45) is 24.5. The Labute approximate surface area is 218 Å². The smallest absolute Gasteiger partial charge is 0.355 e. The molecule has 3 N–H and O–H groups in total. The molecule has 1 heterocycles. The molecule has 1 rings (SSSR count). The molecule has 1 saturated heterocycles. The predicted octanol–water partition coefficient (Wildman–Crippen LogP) is 4.87. The second kappa shape index (κ2) is 17.3. The summed E-state index contributed by atoms with van der Waals surface area (Å²) in [5.74, 6) is -1.67. The number of hydrogen-bond acceptors (Lipinski definition) is 5. The molecule has 8 nitrogen and oxygen atoms in total. The fourth-order valence-electron chi connectivity index (χ4n) is 2.86. The summed E-state index contributed by atoms with van der Waals surface area (Å²) in [5, 5.41) is 18.1. The largest absolute Gasteiger partial charge is 0.478 e. The van der Waals surface area contributed by atoms with Crippen LogP contribution in [0.3, 0.4) is 0 Å². The van der Waals surface area contributed by atoms with Crippen molar-refractivity contribution >= 4 is 18.0 Å². The van der Waals surface area contributed by atoms with Crippen LogP contribution in [-0.2, 0) is 14.4 Å². The summed E-state index contributed by atoms with van der Waals surface area (Å²) in [4.78, 5) is 40.2. The molecule has 2 amide bonds. The SMILES string of the molecule is CC(=C/C=C/C(C)=C/C=C/C=C(C)/C=C/C=C(C)/C=C/C(=O)ONC(=O)N1CC[C@@H](O)C1)/C=C/C(=O)O. The molecule has 1 aliphatic heterocycles. The number of urea groups is 1. The molecule has 0 aromatic heterocycles. The lowest BCUT2D eigenvalue weighted by atomic mass is 10.2. The molecule has 0 saturated carbocycles. The summed E-state index contributed by atoms with van der Waals surface area (Å²) in [6.45, 7) is 8.24. The highest BCUT2D eigenvalue weighted by molar-refractivity contribution is 5.84.